The van der Waals surface area contributed by atoms with Gasteiger partial charge in [0.1, 0.15) is 17.6 Å². The minimum Gasteiger partial charge on any atom is -0.342 e. The molecule has 0 spiro atoms. The zero-order chi connectivity index (χ0) is 23.7. The van der Waals surface area contributed by atoms with Crippen LogP contribution in [0.2, 0.25) is 0 Å². The molecule has 33 heavy (non-hydrogen) atoms. The number of amides is 2. The quantitative estimate of drug-likeness (QED) is 0.599. The Hall–Kier alpha value is -3.48. The third kappa shape index (κ3) is 4.27. The largest absolute Gasteiger partial charge is 0.342 e. The lowest BCUT2D eigenvalue weighted by atomic mass is 9.93. The van der Waals surface area contributed by atoms with E-state index in [1.54, 1.807) is 40.7 Å². The van der Waals surface area contributed by atoms with Crippen LogP contribution in [-0.2, 0) is 24.7 Å². The molecule has 2 amide bonds. The van der Waals surface area contributed by atoms with Crippen molar-refractivity contribution < 1.29 is 14.0 Å². The Morgan fingerprint density at radius 1 is 1.09 bits per heavy atom. The number of hydrogen-bond acceptors (Lipinski definition) is 3. The fourth-order valence-corrected chi connectivity index (χ4v) is 4.63. The first-order valence-electron chi connectivity index (χ1n) is 11.2. The molecule has 0 bridgehead atoms. The molecule has 6 nitrogen and oxygen atoms in total. The first-order valence-corrected chi connectivity index (χ1v) is 11.2. The Balaban J connectivity index is 1.71. The van der Waals surface area contributed by atoms with E-state index in [4.69, 9.17) is 0 Å². The van der Waals surface area contributed by atoms with E-state index in [0.717, 1.165) is 34.4 Å². The van der Waals surface area contributed by atoms with Crippen molar-refractivity contribution in [2.24, 2.45) is 7.05 Å². The molecule has 3 aromatic rings. The molecule has 1 aliphatic heterocycles. The standard InChI is InChI=1S/C26H29FN4O2/c1-5-22-17(2)24(30(4)28-22)26(33)31-15-14-29(3)25(32)23(31)16-19-8-6-7-9-21(19)18-10-12-20(27)13-11-18/h6-13,23H,5,14-16H2,1-4H3/t23-/m0/s1. The van der Waals surface area contributed by atoms with E-state index < -0.39 is 6.04 Å². The molecular weight excluding hydrogens is 419 g/mol. The topological polar surface area (TPSA) is 58.4 Å². The molecule has 1 fully saturated rings. The summed E-state index contributed by atoms with van der Waals surface area (Å²) < 4.78 is 15.1. The smallest absolute Gasteiger partial charge is 0.273 e. The van der Waals surface area contributed by atoms with Crippen LogP contribution in [-0.4, -0.2) is 57.6 Å². The Bertz CT molecular complexity index is 1190. The second-order valence-electron chi connectivity index (χ2n) is 8.54. The average Bonchev–Trinajstić information content (AvgIpc) is 3.10. The van der Waals surface area contributed by atoms with Crippen LogP contribution in [0.3, 0.4) is 0 Å². The van der Waals surface area contributed by atoms with Gasteiger partial charge in [0.2, 0.25) is 5.91 Å². The summed E-state index contributed by atoms with van der Waals surface area (Å²) >= 11 is 0. The van der Waals surface area contributed by atoms with Crippen molar-refractivity contribution in [3.63, 3.8) is 0 Å². The van der Waals surface area contributed by atoms with Crippen LogP contribution in [0.5, 0.6) is 0 Å². The summed E-state index contributed by atoms with van der Waals surface area (Å²) in [6, 6.07) is 13.5. The van der Waals surface area contributed by atoms with E-state index in [-0.39, 0.29) is 17.6 Å². The van der Waals surface area contributed by atoms with Crippen LogP contribution < -0.4 is 0 Å². The van der Waals surface area contributed by atoms with Crippen molar-refractivity contribution in [3.8, 4) is 11.1 Å². The number of nitrogens with zero attached hydrogens (tertiary/aromatic N) is 4. The summed E-state index contributed by atoms with van der Waals surface area (Å²) in [4.78, 5) is 30.3. The SMILES string of the molecule is CCc1nn(C)c(C(=O)N2CCN(C)C(=O)[C@@H]2Cc2ccccc2-c2ccc(F)cc2)c1C. The number of hydrogen-bond donors (Lipinski definition) is 0. The van der Waals surface area contributed by atoms with Gasteiger partial charge in [0, 0.05) is 39.2 Å². The maximum atomic E-state index is 13.7. The molecule has 4 rings (SSSR count). The molecule has 0 radical (unpaired) electrons. The van der Waals surface area contributed by atoms with Gasteiger partial charge in [0.05, 0.1) is 5.69 Å². The second kappa shape index (κ2) is 9.17. The predicted octanol–water partition coefficient (Wildman–Crippen LogP) is 3.62. The van der Waals surface area contributed by atoms with E-state index >= 15 is 0 Å². The van der Waals surface area contributed by atoms with Gasteiger partial charge in [-0.25, -0.2) is 4.39 Å². The number of benzene rings is 2. The molecule has 7 heteroatoms. The van der Waals surface area contributed by atoms with Gasteiger partial charge in [0.25, 0.3) is 5.91 Å². The van der Waals surface area contributed by atoms with Crippen molar-refractivity contribution in [2.45, 2.75) is 32.7 Å². The lowest BCUT2D eigenvalue weighted by molar-refractivity contribution is -0.138. The van der Waals surface area contributed by atoms with Gasteiger partial charge in [-0.15, -0.1) is 0 Å². The van der Waals surface area contributed by atoms with E-state index in [1.807, 2.05) is 38.1 Å². The predicted molar refractivity (Wildman–Crippen MR) is 125 cm³/mol. The van der Waals surface area contributed by atoms with Gasteiger partial charge in [-0.3, -0.25) is 14.3 Å². The average molecular weight is 449 g/mol. The minimum absolute atomic E-state index is 0.0842. The first kappa shape index (κ1) is 22.7. The first-order chi connectivity index (χ1) is 15.8. The molecule has 1 aliphatic rings. The Morgan fingerprint density at radius 3 is 2.45 bits per heavy atom. The lowest BCUT2D eigenvalue weighted by Crippen LogP contribution is -2.58. The third-order valence-electron chi connectivity index (χ3n) is 6.48. The fraction of sp³-hybridized carbons (Fsp3) is 0.346. The van der Waals surface area contributed by atoms with Crippen molar-refractivity contribution in [3.05, 3.63) is 76.9 Å². The van der Waals surface area contributed by atoms with Crippen molar-refractivity contribution >= 4 is 11.8 Å². The molecular formula is C26H29FN4O2. The van der Waals surface area contributed by atoms with Crippen LogP contribution in [0.15, 0.2) is 48.5 Å². The van der Waals surface area contributed by atoms with Gasteiger partial charge in [-0.2, -0.15) is 5.10 Å². The minimum atomic E-state index is -0.628. The Labute approximate surface area is 193 Å². The van der Waals surface area contributed by atoms with E-state index in [9.17, 15) is 14.0 Å². The van der Waals surface area contributed by atoms with Crippen LogP contribution in [0.25, 0.3) is 11.1 Å². The Morgan fingerprint density at radius 2 is 1.79 bits per heavy atom. The number of carbonyl (C=O) groups is 2. The maximum absolute atomic E-state index is 13.7. The zero-order valence-electron chi connectivity index (χ0n) is 19.5. The summed E-state index contributed by atoms with van der Waals surface area (Å²) in [6.07, 6.45) is 1.11. The molecule has 1 saturated heterocycles. The number of rotatable bonds is 5. The van der Waals surface area contributed by atoms with Gasteiger partial charge in [0.15, 0.2) is 0 Å². The fourth-order valence-electron chi connectivity index (χ4n) is 4.63. The summed E-state index contributed by atoms with van der Waals surface area (Å²) in [6.45, 7) is 4.86. The molecule has 1 atom stereocenters. The van der Waals surface area contributed by atoms with E-state index in [2.05, 4.69) is 5.10 Å². The van der Waals surface area contributed by atoms with E-state index in [0.29, 0.717) is 25.2 Å². The van der Waals surface area contributed by atoms with Crippen LogP contribution in [0.4, 0.5) is 4.39 Å². The monoisotopic (exact) mass is 448 g/mol. The summed E-state index contributed by atoms with van der Waals surface area (Å²) in [5.41, 5.74) is 5.02. The highest BCUT2D eigenvalue weighted by Gasteiger charge is 2.38. The molecule has 0 saturated carbocycles. The number of halogens is 1. The van der Waals surface area contributed by atoms with Crippen LogP contribution in [0.1, 0.15) is 34.2 Å². The summed E-state index contributed by atoms with van der Waals surface area (Å²) in [5, 5.41) is 4.49. The van der Waals surface area contributed by atoms with E-state index in [1.165, 1.54) is 12.1 Å². The van der Waals surface area contributed by atoms with Crippen molar-refractivity contribution in [1.29, 1.82) is 0 Å². The van der Waals surface area contributed by atoms with Gasteiger partial charge in [-0.05, 0) is 42.2 Å². The lowest BCUT2D eigenvalue weighted by Gasteiger charge is -2.39. The van der Waals surface area contributed by atoms with Crippen LogP contribution in [0, 0.1) is 12.7 Å². The van der Waals surface area contributed by atoms with Gasteiger partial charge < -0.3 is 9.80 Å². The van der Waals surface area contributed by atoms with Crippen molar-refractivity contribution in [1.82, 2.24) is 19.6 Å². The normalized spacial score (nSPS) is 16.4. The van der Waals surface area contributed by atoms with Crippen LogP contribution >= 0.6 is 0 Å². The van der Waals surface area contributed by atoms with Gasteiger partial charge >= 0.3 is 0 Å². The molecule has 0 N–H and O–H groups in total. The number of piperazine rings is 1. The second-order valence-corrected chi connectivity index (χ2v) is 8.54. The summed E-state index contributed by atoms with van der Waals surface area (Å²) in [7, 11) is 3.55. The highest BCUT2D eigenvalue weighted by atomic mass is 19.1. The summed E-state index contributed by atoms with van der Waals surface area (Å²) in [5.74, 6) is -0.554. The van der Waals surface area contributed by atoms with Gasteiger partial charge in [-0.1, -0.05) is 43.3 Å². The van der Waals surface area contributed by atoms with Crippen molar-refractivity contribution in [2.75, 3.05) is 20.1 Å². The molecule has 2 heterocycles. The maximum Gasteiger partial charge on any atom is 0.273 e. The third-order valence-corrected chi connectivity index (χ3v) is 6.48. The highest BCUT2D eigenvalue weighted by molar-refractivity contribution is 5.98. The number of carbonyl (C=O) groups excluding carboxylic acids is 2. The molecule has 1 aromatic heterocycles. The Kier molecular flexibility index (Phi) is 6.31. The number of aryl methyl sites for hydroxylation is 2. The zero-order valence-corrected chi connectivity index (χ0v) is 19.5. The number of aromatic nitrogens is 2. The molecule has 2 aromatic carbocycles. The molecule has 0 unspecified atom stereocenters. The molecule has 0 aliphatic carbocycles. The highest BCUT2D eigenvalue weighted by Crippen LogP contribution is 2.28. The number of likely N-dealkylation sites (N-methyl/N-ethyl adjacent to an activating group) is 1. The molecule has 172 valence electrons.